The normalized spacial score (nSPS) is 18.5. The molecule has 0 spiro atoms. The molecule has 30 heavy (non-hydrogen) atoms. The Morgan fingerprint density at radius 2 is 2.00 bits per heavy atom. The van der Waals surface area contributed by atoms with E-state index in [-0.39, 0.29) is 11.2 Å². The second-order valence-corrected chi connectivity index (χ2v) is 8.99. The average molecular weight is 420 g/mol. The van der Waals surface area contributed by atoms with Gasteiger partial charge in [-0.15, -0.1) is 10.2 Å². The Morgan fingerprint density at radius 3 is 2.77 bits per heavy atom. The summed E-state index contributed by atoms with van der Waals surface area (Å²) in [5.41, 5.74) is 6.03. The number of benzene rings is 1. The maximum absolute atomic E-state index is 13.2. The van der Waals surface area contributed by atoms with Crippen molar-refractivity contribution >= 4 is 22.9 Å². The summed E-state index contributed by atoms with van der Waals surface area (Å²) in [7, 11) is 0. The van der Waals surface area contributed by atoms with E-state index in [2.05, 4.69) is 42.4 Å². The third kappa shape index (κ3) is 3.31. The van der Waals surface area contributed by atoms with Gasteiger partial charge in [-0.2, -0.15) is 5.10 Å². The SMILES string of the molecule is Cc1ccc2c3c(nn2c1)CCC(C)(CC(=O)c1ccc(-n2cnnc2)cc1Cl)C3. The van der Waals surface area contributed by atoms with Crippen LogP contribution in [0.2, 0.25) is 5.02 Å². The second kappa shape index (κ2) is 7.06. The highest BCUT2D eigenvalue weighted by Gasteiger charge is 2.35. The molecule has 4 aromatic rings. The lowest BCUT2D eigenvalue weighted by molar-refractivity contribution is 0.0909. The van der Waals surface area contributed by atoms with Gasteiger partial charge in [-0.25, -0.2) is 4.52 Å². The van der Waals surface area contributed by atoms with Crippen LogP contribution in [0.4, 0.5) is 0 Å². The summed E-state index contributed by atoms with van der Waals surface area (Å²) >= 11 is 6.47. The van der Waals surface area contributed by atoms with Gasteiger partial charge in [-0.3, -0.25) is 9.36 Å². The van der Waals surface area contributed by atoms with Crippen LogP contribution in [0.3, 0.4) is 0 Å². The second-order valence-electron chi connectivity index (χ2n) is 8.58. The van der Waals surface area contributed by atoms with E-state index in [1.807, 2.05) is 10.6 Å². The van der Waals surface area contributed by atoms with Crippen LogP contribution >= 0.6 is 11.6 Å². The van der Waals surface area contributed by atoms with Crippen molar-refractivity contribution in [2.75, 3.05) is 0 Å². The minimum atomic E-state index is -0.116. The fourth-order valence-corrected chi connectivity index (χ4v) is 4.72. The number of fused-ring (bicyclic) bond motifs is 3. The third-order valence-corrected chi connectivity index (χ3v) is 6.40. The predicted molar refractivity (Wildman–Crippen MR) is 115 cm³/mol. The maximum Gasteiger partial charge on any atom is 0.164 e. The number of hydrogen-bond acceptors (Lipinski definition) is 4. The number of aromatic nitrogens is 5. The van der Waals surface area contributed by atoms with E-state index in [0.29, 0.717) is 17.0 Å². The third-order valence-electron chi connectivity index (χ3n) is 6.09. The molecule has 1 aliphatic rings. The summed E-state index contributed by atoms with van der Waals surface area (Å²) < 4.78 is 3.74. The van der Waals surface area contributed by atoms with Gasteiger partial charge in [0.2, 0.25) is 0 Å². The fourth-order valence-electron chi connectivity index (χ4n) is 4.44. The molecule has 7 heteroatoms. The van der Waals surface area contributed by atoms with Gasteiger partial charge in [0.25, 0.3) is 0 Å². The first-order valence-electron chi connectivity index (χ1n) is 10.1. The van der Waals surface area contributed by atoms with Crippen molar-refractivity contribution in [1.82, 2.24) is 24.4 Å². The molecule has 0 amide bonds. The zero-order valence-electron chi connectivity index (χ0n) is 17.0. The summed E-state index contributed by atoms with van der Waals surface area (Å²) in [5.74, 6) is 0.0774. The minimum Gasteiger partial charge on any atom is -0.294 e. The van der Waals surface area contributed by atoms with E-state index in [1.54, 1.807) is 29.4 Å². The van der Waals surface area contributed by atoms with Crippen molar-refractivity contribution in [2.24, 2.45) is 5.41 Å². The summed E-state index contributed by atoms with van der Waals surface area (Å²) in [6.07, 6.45) is 8.40. The molecular weight excluding hydrogens is 398 g/mol. The number of hydrogen-bond donors (Lipinski definition) is 0. The van der Waals surface area contributed by atoms with Crippen LogP contribution in [-0.4, -0.2) is 30.2 Å². The number of rotatable bonds is 4. The van der Waals surface area contributed by atoms with Gasteiger partial charge in [0.05, 0.1) is 16.2 Å². The van der Waals surface area contributed by atoms with Crippen LogP contribution in [0.1, 0.15) is 46.9 Å². The zero-order chi connectivity index (χ0) is 20.9. The number of halogens is 1. The highest BCUT2D eigenvalue weighted by atomic mass is 35.5. The van der Waals surface area contributed by atoms with Crippen molar-refractivity contribution in [1.29, 1.82) is 0 Å². The van der Waals surface area contributed by atoms with E-state index >= 15 is 0 Å². The Bertz CT molecular complexity index is 1260. The molecule has 0 radical (unpaired) electrons. The van der Waals surface area contributed by atoms with Gasteiger partial charge in [-0.05, 0) is 61.4 Å². The molecule has 5 rings (SSSR count). The molecule has 1 unspecified atom stereocenters. The van der Waals surface area contributed by atoms with Crippen LogP contribution in [0.25, 0.3) is 11.2 Å². The quantitative estimate of drug-likeness (QED) is 0.452. The Labute approximate surface area is 179 Å². The van der Waals surface area contributed by atoms with Gasteiger partial charge >= 0.3 is 0 Å². The summed E-state index contributed by atoms with van der Waals surface area (Å²) in [6.45, 7) is 4.27. The molecule has 1 aromatic carbocycles. The zero-order valence-corrected chi connectivity index (χ0v) is 17.7. The van der Waals surface area contributed by atoms with Gasteiger partial charge in [0.1, 0.15) is 12.7 Å². The molecule has 3 aromatic heterocycles. The number of pyridine rings is 1. The Balaban J connectivity index is 1.39. The largest absolute Gasteiger partial charge is 0.294 e. The first kappa shape index (κ1) is 19.0. The number of carbonyl (C=O) groups excluding carboxylic acids is 1. The van der Waals surface area contributed by atoms with E-state index in [4.69, 9.17) is 16.7 Å². The first-order chi connectivity index (χ1) is 14.4. The van der Waals surface area contributed by atoms with Crippen LogP contribution in [0.5, 0.6) is 0 Å². The predicted octanol–water partition coefficient (Wildman–Crippen LogP) is 4.64. The lowest BCUT2D eigenvalue weighted by atomic mass is 9.71. The van der Waals surface area contributed by atoms with Gasteiger partial charge in [-0.1, -0.05) is 24.6 Å². The number of nitrogens with zero attached hydrogens (tertiary/aromatic N) is 5. The molecule has 0 N–H and O–H groups in total. The van der Waals surface area contributed by atoms with Gasteiger partial charge in [0, 0.05) is 29.4 Å². The molecule has 1 atom stereocenters. The lowest BCUT2D eigenvalue weighted by Gasteiger charge is -2.32. The van der Waals surface area contributed by atoms with Crippen molar-refractivity contribution in [3.63, 3.8) is 0 Å². The number of ketones is 1. The summed E-state index contributed by atoms with van der Waals surface area (Å²) in [5, 5.41) is 12.8. The summed E-state index contributed by atoms with van der Waals surface area (Å²) in [6, 6.07) is 9.71. The van der Waals surface area contributed by atoms with Crippen molar-refractivity contribution in [2.45, 2.75) is 39.5 Å². The van der Waals surface area contributed by atoms with Crippen LogP contribution in [-0.2, 0) is 12.8 Å². The van der Waals surface area contributed by atoms with Crippen LogP contribution in [0.15, 0.2) is 49.2 Å². The van der Waals surface area contributed by atoms with Gasteiger partial charge < -0.3 is 0 Å². The molecule has 0 saturated heterocycles. The van der Waals surface area contributed by atoms with Crippen molar-refractivity contribution in [3.05, 3.63) is 76.6 Å². The van der Waals surface area contributed by atoms with Crippen LogP contribution < -0.4 is 0 Å². The number of carbonyl (C=O) groups is 1. The average Bonchev–Trinajstić information content (AvgIpc) is 3.35. The number of aryl methyl sites for hydroxylation is 2. The standard InChI is InChI=1S/C23H22ClN5O/c1-15-3-6-21-18-10-23(2,8-7-20(18)27-29(21)12-15)11-22(30)17-5-4-16(9-19(17)24)28-13-25-26-14-28/h3-6,9,12-14H,7-8,10-11H2,1-2H3. The monoisotopic (exact) mass is 419 g/mol. The molecule has 0 fully saturated rings. The van der Waals surface area contributed by atoms with Crippen molar-refractivity contribution < 1.29 is 4.79 Å². The Morgan fingerprint density at radius 1 is 1.20 bits per heavy atom. The first-order valence-corrected chi connectivity index (χ1v) is 10.4. The molecule has 0 saturated carbocycles. The van der Waals surface area contributed by atoms with E-state index in [1.165, 1.54) is 11.1 Å². The highest BCUT2D eigenvalue weighted by molar-refractivity contribution is 6.34. The van der Waals surface area contributed by atoms with Gasteiger partial charge in [0.15, 0.2) is 5.78 Å². The Hall–Kier alpha value is -2.99. The lowest BCUT2D eigenvalue weighted by Crippen LogP contribution is -2.28. The topological polar surface area (TPSA) is 65.1 Å². The molecular formula is C23H22ClN5O. The minimum absolute atomic E-state index is 0.0774. The van der Waals surface area contributed by atoms with Crippen LogP contribution in [0, 0.1) is 12.3 Å². The fraction of sp³-hybridized carbons (Fsp3) is 0.304. The maximum atomic E-state index is 13.2. The molecule has 3 heterocycles. The van der Waals surface area contributed by atoms with E-state index in [9.17, 15) is 4.79 Å². The van der Waals surface area contributed by atoms with E-state index in [0.717, 1.165) is 36.2 Å². The van der Waals surface area contributed by atoms with E-state index < -0.39 is 0 Å². The molecule has 0 aliphatic heterocycles. The van der Waals surface area contributed by atoms with Crippen molar-refractivity contribution in [3.8, 4) is 5.69 Å². The number of Topliss-reactive ketones (excluding diaryl/α,β-unsaturated/α-hetero) is 1. The summed E-state index contributed by atoms with van der Waals surface area (Å²) in [4.78, 5) is 13.2. The Kier molecular flexibility index (Phi) is 4.47. The molecule has 152 valence electrons. The highest BCUT2D eigenvalue weighted by Crippen LogP contribution is 2.40. The molecule has 0 bridgehead atoms. The molecule has 6 nitrogen and oxygen atoms in total. The smallest absolute Gasteiger partial charge is 0.164 e. The molecule has 1 aliphatic carbocycles.